The van der Waals surface area contributed by atoms with Gasteiger partial charge < -0.3 is 14.4 Å². The first kappa shape index (κ1) is 38.2. The van der Waals surface area contributed by atoms with Crippen molar-refractivity contribution in [2.24, 2.45) is 0 Å². The van der Waals surface area contributed by atoms with Crippen LogP contribution < -0.4 is 9.64 Å². The molecular weight excluding hydrogens is 711 g/mol. The molecule has 1 amide bonds. The Hall–Kier alpha value is -6.54. The molecule has 0 saturated carbocycles. The second-order valence-electron chi connectivity index (χ2n) is 13.0. The Morgan fingerprint density at radius 1 is 0.691 bits per heavy atom. The second kappa shape index (κ2) is 17.5. The molecule has 0 saturated heterocycles. The molecule has 55 heavy (non-hydrogen) atoms. The first-order valence-electron chi connectivity index (χ1n) is 17.6. The van der Waals surface area contributed by atoms with Gasteiger partial charge in [-0.2, -0.15) is 9.57 Å². The van der Waals surface area contributed by atoms with E-state index in [-0.39, 0.29) is 36.0 Å². The minimum Gasteiger partial charge on any atom is -0.488 e. The number of nitriles is 1. The highest BCUT2D eigenvalue weighted by molar-refractivity contribution is 7.89. The zero-order chi connectivity index (χ0) is 38.8. The minimum absolute atomic E-state index is 0.0583. The first-order valence-corrected chi connectivity index (χ1v) is 19.0. The number of anilines is 1. The van der Waals surface area contributed by atoms with Crippen LogP contribution in [-0.2, 0) is 39.3 Å². The number of hydrogen-bond donors (Lipinski definition) is 0. The molecule has 0 aliphatic heterocycles. The van der Waals surface area contributed by atoms with Crippen molar-refractivity contribution in [2.45, 2.75) is 31.6 Å². The van der Waals surface area contributed by atoms with E-state index in [1.165, 1.54) is 24.1 Å². The van der Waals surface area contributed by atoms with Crippen molar-refractivity contribution in [3.05, 3.63) is 185 Å². The topological polar surface area (TPSA) is 117 Å². The van der Waals surface area contributed by atoms with Crippen molar-refractivity contribution in [2.75, 3.05) is 18.5 Å². The highest BCUT2D eigenvalue weighted by Crippen LogP contribution is 2.30. The van der Waals surface area contributed by atoms with Crippen LogP contribution in [-0.4, -0.2) is 38.2 Å². The molecule has 0 radical (unpaired) electrons. The molecule has 9 nitrogen and oxygen atoms in total. The summed E-state index contributed by atoms with van der Waals surface area (Å²) in [5.74, 6) is -0.903. The summed E-state index contributed by atoms with van der Waals surface area (Å²) < 4.78 is 40.0. The molecule has 10 heteroatoms. The highest BCUT2D eigenvalue weighted by atomic mass is 32.2. The van der Waals surface area contributed by atoms with Crippen molar-refractivity contribution in [3.63, 3.8) is 0 Å². The number of amides is 1. The maximum atomic E-state index is 14.3. The number of nitrogens with zero attached hydrogens (tertiary/aromatic N) is 3. The molecule has 0 heterocycles. The molecule has 276 valence electrons. The van der Waals surface area contributed by atoms with Crippen LogP contribution in [0, 0.1) is 18.3 Å². The van der Waals surface area contributed by atoms with E-state index >= 15 is 0 Å². The summed E-state index contributed by atoms with van der Waals surface area (Å²) in [5.41, 5.74) is 6.22. The fraction of sp³-hybridized carbons (Fsp3) is 0.133. The van der Waals surface area contributed by atoms with Crippen molar-refractivity contribution < 1.29 is 27.5 Å². The van der Waals surface area contributed by atoms with Gasteiger partial charge in [-0.25, -0.2) is 13.2 Å². The van der Waals surface area contributed by atoms with Gasteiger partial charge in [-0.3, -0.25) is 4.79 Å². The summed E-state index contributed by atoms with van der Waals surface area (Å²) in [6.45, 7) is 1.68. The number of rotatable bonds is 14. The van der Waals surface area contributed by atoms with Gasteiger partial charge in [-0.15, -0.1) is 0 Å². The van der Waals surface area contributed by atoms with E-state index in [9.17, 15) is 23.3 Å². The van der Waals surface area contributed by atoms with Gasteiger partial charge in [-0.1, -0.05) is 115 Å². The Kier molecular flexibility index (Phi) is 12.2. The van der Waals surface area contributed by atoms with Gasteiger partial charge in [0, 0.05) is 18.8 Å². The number of benzene rings is 6. The van der Waals surface area contributed by atoms with Crippen LogP contribution in [0.15, 0.2) is 157 Å². The summed E-state index contributed by atoms with van der Waals surface area (Å²) in [4.78, 5) is 29.3. The van der Waals surface area contributed by atoms with E-state index < -0.39 is 28.4 Å². The number of hydrogen-bond acceptors (Lipinski definition) is 7. The van der Waals surface area contributed by atoms with Crippen molar-refractivity contribution >= 4 is 27.6 Å². The fourth-order valence-corrected chi connectivity index (χ4v) is 6.95. The zero-order valence-electron chi connectivity index (χ0n) is 30.5. The number of likely N-dealkylation sites (N-methyl/N-ethyl adjacent to an activating group) is 1. The molecule has 0 aliphatic rings. The average molecular weight is 750 g/mol. The summed E-state index contributed by atoms with van der Waals surface area (Å²) in [7, 11) is -2.63. The first-order chi connectivity index (χ1) is 26.6. The lowest BCUT2D eigenvalue weighted by molar-refractivity contribution is -0.118. The number of sulfonamides is 1. The summed E-state index contributed by atoms with van der Waals surface area (Å²) >= 11 is 0. The average Bonchev–Trinajstić information content (AvgIpc) is 3.22. The van der Waals surface area contributed by atoms with Gasteiger partial charge in [0.2, 0.25) is 15.9 Å². The van der Waals surface area contributed by atoms with Crippen LogP contribution in [0.4, 0.5) is 5.69 Å². The Bertz CT molecular complexity index is 2410. The van der Waals surface area contributed by atoms with E-state index in [0.29, 0.717) is 11.3 Å². The molecule has 6 rings (SSSR count). The lowest BCUT2D eigenvalue weighted by Crippen LogP contribution is -2.41. The second-order valence-corrected chi connectivity index (χ2v) is 15.0. The van der Waals surface area contributed by atoms with Gasteiger partial charge in [0.1, 0.15) is 24.5 Å². The largest absolute Gasteiger partial charge is 0.488 e. The summed E-state index contributed by atoms with van der Waals surface area (Å²) in [6.07, 6.45) is 0. The molecule has 0 spiro atoms. The van der Waals surface area contributed by atoms with Crippen LogP contribution in [0.5, 0.6) is 5.75 Å². The SMILES string of the molecule is Cc1ccc(S(=O)(=O)N(C)CC(=O)N(Cc2ccc(-c3cccc(C#N)c3)cc2)c2ccc(C(=O)OCc3ccccc3)c(OCc3ccccc3)c2)cc1. The Morgan fingerprint density at radius 2 is 1.35 bits per heavy atom. The molecule has 0 fully saturated rings. The monoisotopic (exact) mass is 749 g/mol. The van der Waals surface area contributed by atoms with E-state index in [2.05, 4.69) is 6.07 Å². The third-order valence-corrected chi connectivity index (χ3v) is 10.8. The Morgan fingerprint density at radius 3 is 2.00 bits per heavy atom. The maximum Gasteiger partial charge on any atom is 0.342 e. The number of aryl methyl sites for hydroxylation is 1. The third-order valence-electron chi connectivity index (χ3n) is 8.95. The van der Waals surface area contributed by atoms with Crippen LogP contribution in [0.25, 0.3) is 11.1 Å². The number of ether oxygens (including phenoxy) is 2. The van der Waals surface area contributed by atoms with Crippen molar-refractivity contribution in [1.82, 2.24) is 4.31 Å². The quantitative estimate of drug-likeness (QED) is 0.103. The van der Waals surface area contributed by atoms with E-state index in [4.69, 9.17) is 9.47 Å². The van der Waals surface area contributed by atoms with E-state index in [1.54, 1.807) is 42.5 Å². The van der Waals surface area contributed by atoms with Crippen molar-refractivity contribution in [1.29, 1.82) is 5.26 Å². The normalized spacial score (nSPS) is 11.1. The van der Waals surface area contributed by atoms with Crippen LogP contribution >= 0.6 is 0 Å². The minimum atomic E-state index is -4.00. The lowest BCUT2D eigenvalue weighted by Gasteiger charge is -2.27. The predicted molar refractivity (Wildman–Crippen MR) is 212 cm³/mol. The predicted octanol–water partition coefficient (Wildman–Crippen LogP) is 8.32. The van der Waals surface area contributed by atoms with Crippen LogP contribution in [0.3, 0.4) is 0 Å². The summed E-state index contributed by atoms with van der Waals surface area (Å²) in [5, 5.41) is 9.37. The van der Waals surface area contributed by atoms with Gasteiger partial charge in [-0.05, 0) is 71.1 Å². The molecule has 0 aromatic heterocycles. The Labute approximate surface area is 321 Å². The maximum absolute atomic E-state index is 14.3. The summed E-state index contributed by atoms with van der Waals surface area (Å²) in [6, 6.07) is 47.0. The van der Waals surface area contributed by atoms with E-state index in [1.807, 2.05) is 104 Å². The molecule has 0 bridgehead atoms. The zero-order valence-corrected chi connectivity index (χ0v) is 31.3. The third kappa shape index (κ3) is 9.72. The van der Waals surface area contributed by atoms with Gasteiger partial charge in [0.25, 0.3) is 0 Å². The van der Waals surface area contributed by atoms with Crippen LogP contribution in [0.2, 0.25) is 0 Å². The standard InChI is InChI=1S/C45H39N3O6S/c1-33-16-23-41(24-17-33)55(51,52)47(2)30-44(49)48(29-34-18-20-38(21-19-34)39-15-9-14-37(26-39)28-46)40-22-25-42(45(50)54-32-36-12-7-4-8-13-36)43(27-40)53-31-35-10-5-3-6-11-35/h3-27H,29-32H2,1-2H3. The number of carbonyl (C=O) groups is 2. The van der Waals surface area contributed by atoms with Gasteiger partial charge >= 0.3 is 5.97 Å². The number of esters is 1. The Balaban J connectivity index is 1.33. The molecule has 0 atom stereocenters. The van der Waals surface area contributed by atoms with Crippen LogP contribution in [0.1, 0.15) is 38.2 Å². The van der Waals surface area contributed by atoms with Gasteiger partial charge in [0.05, 0.1) is 29.6 Å². The molecule has 0 unspecified atom stereocenters. The number of carbonyl (C=O) groups excluding carboxylic acids is 2. The van der Waals surface area contributed by atoms with Crippen molar-refractivity contribution in [3.8, 4) is 22.9 Å². The highest BCUT2D eigenvalue weighted by Gasteiger charge is 2.27. The fourth-order valence-electron chi connectivity index (χ4n) is 5.83. The molecule has 0 N–H and O–H groups in total. The molecule has 0 aliphatic carbocycles. The molecule has 6 aromatic rings. The molecule has 6 aromatic carbocycles. The smallest absolute Gasteiger partial charge is 0.342 e. The molecular formula is C45H39N3O6S. The van der Waals surface area contributed by atoms with Gasteiger partial charge in [0.15, 0.2) is 0 Å². The van der Waals surface area contributed by atoms with E-state index in [0.717, 1.165) is 37.7 Å². The lowest BCUT2D eigenvalue weighted by atomic mass is 10.0.